The molecule has 1 aromatic carbocycles. The third-order valence-electron chi connectivity index (χ3n) is 4.72. The summed E-state index contributed by atoms with van der Waals surface area (Å²) in [5.41, 5.74) is 8.69. The third-order valence-corrected chi connectivity index (χ3v) is 4.72. The maximum absolute atomic E-state index is 12.4. The predicted octanol–water partition coefficient (Wildman–Crippen LogP) is 2.57. The van der Waals surface area contributed by atoms with Crippen molar-refractivity contribution in [1.82, 2.24) is 10.9 Å². The lowest BCUT2D eigenvalue weighted by Gasteiger charge is -2.20. The Balaban J connectivity index is 1.65. The first-order chi connectivity index (χ1) is 9.95. The van der Waals surface area contributed by atoms with Crippen molar-refractivity contribution in [3.05, 3.63) is 29.8 Å². The second-order valence-electron chi connectivity index (χ2n) is 7.28. The van der Waals surface area contributed by atoms with E-state index < -0.39 is 0 Å². The molecule has 0 aromatic heterocycles. The van der Waals surface area contributed by atoms with Gasteiger partial charge in [0.25, 0.3) is 0 Å². The Morgan fingerprint density at radius 1 is 1.14 bits per heavy atom. The van der Waals surface area contributed by atoms with Gasteiger partial charge < -0.3 is 5.32 Å². The molecule has 21 heavy (non-hydrogen) atoms. The summed E-state index contributed by atoms with van der Waals surface area (Å²) < 4.78 is 0. The highest BCUT2D eigenvalue weighted by molar-refractivity contribution is 5.95. The van der Waals surface area contributed by atoms with Gasteiger partial charge in [-0.3, -0.25) is 10.2 Å². The SMILES string of the molecule is CC(C)(C)c1ccc(NC(=O)C2NNC3CCCC32)cc1. The van der Waals surface area contributed by atoms with E-state index in [-0.39, 0.29) is 17.4 Å². The Morgan fingerprint density at radius 3 is 2.52 bits per heavy atom. The first-order valence-corrected chi connectivity index (χ1v) is 7.87. The molecule has 2 aliphatic rings. The van der Waals surface area contributed by atoms with Gasteiger partial charge in [0.1, 0.15) is 6.04 Å². The van der Waals surface area contributed by atoms with Gasteiger partial charge in [0.2, 0.25) is 5.91 Å². The molecule has 1 amide bonds. The van der Waals surface area contributed by atoms with E-state index in [4.69, 9.17) is 0 Å². The van der Waals surface area contributed by atoms with E-state index in [1.165, 1.54) is 18.4 Å². The highest BCUT2D eigenvalue weighted by atomic mass is 16.2. The number of anilines is 1. The van der Waals surface area contributed by atoms with Crippen LogP contribution in [0, 0.1) is 5.92 Å². The molecule has 1 saturated heterocycles. The van der Waals surface area contributed by atoms with Gasteiger partial charge in [0.05, 0.1) is 0 Å². The molecule has 1 aliphatic carbocycles. The lowest BCUT2D eigenvalue weighted by Crippen LogP contribution is -2.42. The fraction of sp³-hybridized carbons (Fsp3) is 0.588. The van der Waals surface area contributed by atoms with Crippen LogP contribution in [0.4, 0.5) is 5.69 Å². The van der Waals surface area contributed by atoms with Crippen molar-refractivity contribution >= 4 is 11.6 Å². The minimum Gasteiger partial charge on any atom is -0.325 e. The number of fused-ring (bicyclic) bond motifs is 1. The molecule has 1 saturated carbocycles. The first-order valence-electron chi connectivity index (χ1n) is 7.87. The monoisotopic (exact) mass is 287 g/mol. The van der Waals surface area contributed by atoms with Gasteiger partial charge in [-0.15, -0.1) is 0 Å². The number of amides is 1. The molecular weight excluding hydrogens is 262 g/mol. The molecule has 3 atom stereocenters. The van der Waals surface area contributed by atoms with Crippen molar-refractivity contribution in [3.8, 4) is 0 Å². The van der Waals surface area contributed by atoms with Crippen molar-refractivity contribution in [2.75, 3.05) is 5.32 Å². The van der Waals surface area contributed by atoms with Crippen LogP contribution in [0.25, 0.3) is 0 Å². The molecular formula is C17H25N3O. The Kier molecular flexibility index (Phi) is 3.76. The summed E-state index contributed by atoms with van der Waals surface area (Å²) in [5, 5.41) is 3.03. The molecule has 1 heterocycles. The van der Waals surface area contributed by atoms with Crippen LogP contribution < -0.4 is 16.2 Å². The molecule has 4 heteroatoms. The van der Waals surface area contributed by atoms with E-state index in [0.29, 0.717) is 12.0 Å². The third kappa shape index (κ3) is 2.97. The van der Waals surface area contributed by atoms with Gasteiger partial charge >= 0.3 is 0 Å². The van der Waals surface area contributed by atoms with E-state index in [0.717, 1.165) is 12.1 Å². The number of rotatable bonds is 2. The van der Waals surface area contributed by atoms with E-state index in [1.54, 1.807) is 0 Å². The average Bonchev–Trinajstić information content (AvgIpc) is 3.00. The van der Waals surface area contributed by atoms with Crippen molar-refractivity contribution in [1.29, 1.82) is 0 Å². The Hall–Kier alpha value is -1.39. The molecule has 3 unspecified atom stereocenters. The zero-order valence-electron chi connectivity index (χ0n) is 13.1. The maximum atomic E-state index is 12.4. The summed E-state index contributed by atoms with van der Waals surface area (Å²) in [6.07, 6.45) is 3.52. The van der Waals surface area contributed by atoms with Crippen LogP contribution in [0.5, 0.6) is 0 Å². The van der Waals surface area contributed by atoms with Gasteiger partial charge in [-0.25, -0.2) is 5.43 Å². The highest BCUT2D eigenvalue weighted by Gasteiger charge is 2.42. The number of hydrogen-bond donors (Lipinski definition) is 3. The lowest BCUT2D eigenvalue weighted by atomic mass is 9.87. The number of carbonyl (C=O) groups excluding carboxylic acids is 1. The Labute approximate surface area is 126 Å². The molecule has 1 aliphatic heterocycles. The van der Waals surface area contributed by atoms with Gasteiger partial charge in [0.15, 0.2) is 0 Å². The summed E-state index contributed by atoms with van der Waals surface area (Å²) in [5.74, 6) is 0.499. The van der Waals surface area contributed by atoms with Crippen LogP contribution in [0.15, 0.2) is 24.3 Å². The van der Waals surface area contributed by atoms with Crippen LogP contribution in [-0.2, 0) is 10.2 Å². The van der Waals surface area contributed by atoms with E-state index in [2.05, 4.69) is 49.1 Å². The quantitative estimate of drug-likeness (QED) is 0.783. The van der Waals surface area contributed by atoms with E-state index in [9.17, 15) is 4.79 Å². The zero-order chi connectivity index (χ0) is 15.0. The maximum Gasteiger partial charge on any atom is 0.243 e. The van der Waals surface area contributed by atoms with Gasteiger partial charge in [-0.2, -0.15) is 0 Å². The van der Waals surface area contributed by atoms with Crippen molar-refractivity contribution in [3.63, 3.8) is 0 Å². The van der Waals surface area contributed by atoms with Crippen molar-refractivity contribution in [2.24, 2.45) is 5.92 Å². The summed E-state index contributed by atoms with van der Waals surface area (Å²) >= 11 is 0. The largest absolute Gasteiger partial charge is 0.325 e. The minimum absolute atomic E-state index is 0.0698. The van der Waals surface area contributed by atoms with Crippen LogP contribution in [0.2, 0.25) is 0 Å². The lowest BCUT2D eigenvalue weighted by molar-refractivity contribution is -0.118. The number of nitrogens with one attached hydrogen (secondary N) is 3. The van der Waals surface area contributed by atoms with Crippen LogP contribution in [-0.4, -0.2) is 18.0 Å². The Bertz CT molecular complexity index is 518. The summed E-state index contributed by atoms with van der Waals surface area (Å²) in [6, 6.07) is 8.52. The molecule has 3 N–H and O–H groups in total. The van der Waals surface area contributed by atoms with Gasteiger partial charge in [-0.05, 0) is 36.0 Å². The normalized spacial score (nSPS) is 28.4. The minimum atomic E-state index is -0.111. The van der Waals surface area contributed by atoms with Crippen LogP contribution in [0.3, 0.4) is 0 Å². The zero-order valence-corrected chi connectivity index (χ0v) is 13.1. The summed E-state index contributed by atoms with van der Waals surface area (Å²) in [7, 11) is 0. The smallest absolute Gasteiger partial charge is 0.243 e. The Morgan fingerprint density at radius 2 is 1.86 bits per heavy atom. The summed E-state index contributed by atoms with van der Waals surface area (Å²) in [6.45, 7) is 6.57. The van der Waals surface area contributed by atoms with Crippen molar-refractivity contribution < 1.29 is 4.79 Å². The van der Waals surface area contributed by atoms with Crippen LogP contribution in [0.1, 0.15) is 45.6 Å². The van der Waals surface area contributed by atoms with E-state index in [1.807, 2.05) is 12.1 Å². The molecule has 114 valence electrons. The molecule has 1 aromatic rings. The predicted molar refractivity (Wildman–Crippen MR) is 85.0 cm³/mol. The number of hydrazine groups is 1. The van der Waals surface area contributed by atoms with Gasteiger partial charge in [-0.1, -0.05) is 39.3 Å². The highest BCUT2D eigenvalue weighted by Crippen LogP contribution is 2.32. The number of carbonyl (C=O) groups is 1. The first kappa shape index (κ1) is 14.5. The summed E-state index contributed by atoms with van der Waals surface area (Å²) in [4.78, 5) is 12.4. The average molecular weight is 287 g/mol. The molecule has 0 bridgehead atoms. The standard InChI is InChI=1S/C17H25N3O/c1-17(2,3)11-7-9-12(10-8-11)18-16(21)15-13-5-4-6-14(13)19-20-15/h7-10,13-15,19-20H,4-6H2,1-3H3,(H,18,21). The fourth-order valence-corrected chi connectivity index (χ4v) is 3.40. The second kappa shape index (κ2) is 5.43. The molecule has 2 fully saturated rings. The second-order valence-corrected chi connectivity index (χ2v) is 7.28. The molecule has 4 nitrogen and oxygen atoms in total. The molecule has 3 rings (SSSR count). The fourth-order valence-electron chi connectivity index (χ4n) is 3.40. The molecule has 0 spiro atoms. The number of benzene rings is 1. The topological polar surface area (TPSA) is 53.2 Å². The van der Waals surface area contributed by atoms with Crippen molar-refractivity contribution in [2.45, 2.75) is 57.5 Å². The van der Waals surface area contributed by atoms with Crippen LogP contribution >= 0.6 is 0 Å². The molecule has 0 radical (unpaired) electrons. The van der Waals surface area contributed by atoms with E-state index >= 15 is 0 Å². The van der Waals surface area contributed by atoms with Gasteiger partial charge in [0, 0.05) is 17.6 Å². The number of hydrogen-bond acceptors (Lipinski definition) is 3.